The average Bonchev–Trinajstić information content (AvgIpc) is 2.28. The third-order valence-corrected chi connectivity index (χ3v) is 3.07. The minimum Gasteiger partial charge on any atom is -0.467 e. The van der Waals surface area contributed by atoms with Crippen LogP contribution in [0.25, 0.3) is 0 Å². The Morgan fingerprint density at radius 3 is 2.53 bits per heavy atom. The Hall–Kier alpha value is -0.580. The lowest BCUT2D eigenvalue weighted by Crippen LogP contribution is -2.35. The van der Waals surface area contributed by atoms with Crippen LogP contribution in [-0.2, 0) is 11.3 Å². The topological polar surface area (TPSA) is 30.5 Å². The first-order valence-electron chi connectivity index (χ1n) is 6.58. The zero-order valence-corrected chi connectivity index (χ0v) is 14.1. The van der Waals surface area contributed by atoms with Crippen LogP contribution in [0.15, 0.2) is 16.6 Å². The van der Waals surface area contributed by atoms with Crippen molar-refractivity contribution in [3.63, 3.8) is 0 Å². The smallest absolute Gasteiger partial charge is 0.189 e. The molecule has 1 aromatic carbocycles. The number of rotatable bonds is 6. The molecule has 19 heavy (non-hydrogen) atoms. The SMILES string of the molecule is CCOCOc1c(C)cc(Br)cc1CNC(C)(C)C. The molecule has 0 aliphatic heterocycles. The Kier molecular flexibility index (Phi) is 6.30. The van der Waals surface area contributed by atoms with E-state index >= 15 is 0 Å². The number of benzene rings is 1. The van der Waals surface area contributed by atoms with Gasteiger partial charge in [-0.2, -0.15) is 0 Å². The fraction of sp³-hybridized carbons (Fsp3) is 0.600. The molecule has 108 valence electrons. The van der Waals surface area contributed by atoms with E-state index in [9.17, 15) is 0 Å². The van der Waals surface area contributed by atoms with E-state index < -0.39 is 0 Å². The highest BCUT2D eigenvalue weighted by atomic mass is 79.9. The summed E-state index contributed by atoms with van der Waals surface area (Å²) in [7, 11) is 0. The van der Waals surface area contributed by atoms with Gasteiger partial charge in [-0.05, 0) is 52.3 Å². The second kappa shape index (κ2) is 7.27. The fourth-order valence-electron chi connectivity index (χ4n) is 1.68. The Morgan fingerprint density at radius 2 is 1.95 bits per heavy atom. The quantitative estimate of drug-likeness (QED) is 0.631. The van der Waals surface area contributed by atoms with E-state index in [0.29, 0.717) is 13.4 Å². The number of nitrogens with one attached hydrogen (secondary N) is 1. The summed E-state index contributed by atoms with van der Waals surface area (Å²) in [6.07, 6.45) is 0. The number of ether oxygens (including phenoxy) is 2. The van der Waals surface area contributed by atoms with Crippen LogP contribution in [-0.4, -0.2) is 18.9 Å². The Morgan fingerprint density at radius 1 is 1.26 bits per heavy atom. The van der Waals surface area contributed by atoms with Gasteiger partial charge >= 0.3 is 0 Å². The lowest BCUT2D eigenvalue weighted by atomic mass is 10.1. The minimum absolute atomic E-state index is 0.0768. The molecule has 0 bridgehead atoms. The minimum atomic E-state index is 0.0768. The van der Waals surface area contributed by atoms with Gasteiger partial charge in [-0.3, -0.25) is 0 Å². The van der Waals surface area contributed by atoms with Crippen LogP contribution in [0.2, 0.25) is 0 Å². The summed E-state index contributed by atoms with van der Waals surface area (Å²) in [5, 5.41) is 3.48. The molecule has 0 heterocycles. The van der Waals surface area contributed by atoms with Crippen molar-refractivity contribution in [2.75, 3.05) is 13.4 Å². The van der Waals surface area contributed by atoms with Gasteiger partial charge in [0.05, 0.1) is 0 Å². The first-order valence-corrected chi connectivity index (χ1v) is 7.37. The Balaban J connectivity index is 2.86. The predicted molar refractivity (Wildman–Crippen MR) is 82.6 cm³/mol. The molecular formula is C15H24BrNO2. The van der Waals surface area contributed by atoms with Crippen molar-refractivity contribution in [1.29, 1.82) is 0 Å². The van der Waals surface area contributed by atoms with Gasteiger partial charge in [-0.15, -0.1) is 0 Å². The highest BCUT2D eigenvalue weighted by Crippen LogP contribution is 2.28. The average molecular weight is 330 g/mol. The van der Waals surface area contributed by atoms with Crippen molar-refractivity contribution < 1.29 is 9.47 Å². The van der Waals surface area contributed by atoms with Gasteiger partial charge < -0.3 is 14.8 Å². The van der Waals surface area contributed by atoms with Gasteiger partial charge in [0.25, 0.3) is 0 Å². The zero-order valence-electron chi connectivity index (χ0n) is 12.5. The van der Waals surface area contributed by atoms with Gasteiger partial charge in [0.2, 0.25) is 0 Å². The predicted octanol–water partition coefficient (Wildman–Crippen LogP) is 4.02. The van der Waals surface area contributed by atoms with Crippen molar-refractivity contribution in [2.45, 2.75) is 46.7 Å². The molecule has 0 aliphatic rings. The lowest BCUT2D eigenvalue weighted by molar-refractivity contribution is 0.0213. The number of halogens is 1. The third-order valence-electron chi connectivity index (χ3n) is 2.62. The molecule has 1 rings (SSSR count). The van der Waals surface area contributed by atoms with E-state index in [4.69, 9.17) is 9.47 Å². The maximum Gasteiger partial charge on any atom is 0.189 e. The lowest BCUT2D eigenvalue weighted by Gasteiger charge is -2.22. The second-order valence-corrected chi connectivity index (χ2v) is 6.49. The van der Waals surface area contributed by atoms with E-state index in [0.717, 1.165) is 27.9 Å². The molecule has 0 amide bonds. The molecule has 0 aromatic heterocycles. The molecular weight excluding hydrogens is 306 g/mol. The zero-order chi connectivity index (χ0) is 14.5. The summed E-state index contributed by atoms with van der Waals surface area (Å²) in [5.41, 5.74) is 2.33. The first kappa shape index (κ1) is 16.5. The van der Waals surface area contributed by atoms with E-state index in [1.807, 2.05) is 13.8 Å². The van der Waals surface area contributed by atoms with E-state index in [-0.39, 0.29) is 5.54 Å². The second-order valence-electron chi connectivity index (χ2n) is 5.57. The summed E-state index contributed by atoms with van der Waals surface area (Å²) in [4.78, 5) is 0. The van der Waals surface area contributed by atoms with Crippen molar-refractivity contribution >= 4 is 15.9 Å². The maximum absolute atomic E-state index is 5.75. The summed E-state index contributed by atoms with van der Waals surface area (Å²) >= 11 is 3.53. The molecule has 0 atom stereocenters. The summed E-state index contributed by atoms with van der Waals surface area (Å²) in [6.45, 7) is 12.2. The molecule has 0 aliphatic carbocycles. The summed E-state index contributed by atoms with van der Waals surface area (Å²) in [5.74, 6) is 0.911. The van der Waals surface area contributed by atoms with Gasteiger partial charge in [-0.1, -0.05) is 15.9 Å². The Labute approximate surface area is 124 Å². The Bertz CT molecular complexity index is 413. The summed E-state index contributed by atoms with van der Waals surface area (Å²) in [6, 6.07) is 4.15. The van der Waals surface area contributed by atoms with E-state index in [2.05, 4.69) is 54.2 Å². The molecule has 4 heteroatoms. The largest absolute Gasteiger partial charge is 0.467 e. The van der Waals surface area contributed by atoms with Crippen LogP contribution in [0.5, 0.6) is 5.75 Å². The number of aryl methyl sites for hydroxylation is 1. The van der Waals surface area contributed by atoms with Crippen LogP contribution in [0, 0.1) is 6.92 Å². The fourth-order valence-corrected chi connectivity index (χ4v) is 2.30. The molecule has 3 nitrogen and oxygen atoms in total. The monoisotopic (exact) mass is 329 g/mol. The highest BCUT2D eigenvalue weighted by molar-refractivity contribution is 9.10. The van der Waals surface area contributed by atoms with Crippen LogP contribution in [0.1, 0.15) is 38.8 Å². The molecule has 0 radical (unpaired) electrons. The molecule has 0 saturated carbocycles. The van der Waals surface area contributed by atoms with Crippen molar-refractivity contribution in [2.24, 2.45) is 0 Å². The highest BCUT2D eigenvalue weighted by Gasteiger charge is 2.13. The van der Waals surface area contributed by atoms with Gasteiger partial charge in [-0.25, -0.2) is 0 Å². The maximum atomic E-state index is 5.75. The van der Waals surface area contributed by atoms with Crippen molar-refractivity contribution in [3.05, 3.63) is 27.7 Å². The molecule has 0 unspecified atom stereocenters. The van der Waals surface area contributed by atoms with Gasteiger partial charge in [0, 0.05) is 28.7 Å². The van der Waals surface area contributed by atoms with E-state index in [1.165, 1.54) is 0 Å². The molecule has 0 spiro atoms. The van der Waals surface area contributed by atoms with Crippen molar-refractivity contribution in [1.82, 2.24) is 5.32 Å². The standard InChI is InChI=1S/C15H24BrNO2/c1-6-18-10-19-14-11(2)7-13(16)8-12(14)9-17-15(3,4)5/h7-8,17H,6,9-10H2,1-5H3. The van der Waals surface area contributed by atoms with Crippen molar-refractivity contribution in [3.8, 4) is 5.75 Å². The molecule has 0 saturated heterocycles. The van der Waals surface area contributed by atoms with Crippen LogP contribution in [0.3, 0.4) is 0 Å². The van der Waals surface area contributed by atoms with Gasteiger partial charge in [0.1, 0.15) is 5.75 Å². The number of hydrogen-bond acceptors (Lipinski definition) is 3. The summed E-state index contributed by atoms with van der Waals surface area (Å²) < 4.78 is 12.1. The van der Waals surface area contributed by atoms with E-state index in [1.54, 1.807) is 0 Å². The molecule has 0 fully saturated rings. The first-order chi connectivity index (χ1) is 8.83. The third kappa shape index (κ3) is 5.93. The van der Waals surface area contributed by atoms with Gasteiger partial charge in [0.15, 0.2) is 6.79 Å². The molecule has 1 aromatic rings. The number of hydrogen-bond donors (Lipinski definition) is 1. The van der Waals surface area contributed by atoms with Crippen LogP contribution >= 0.6 is 15.9 Å². The normalized spacial score (nSPS) is 11.7. The molecule has 1 N–H and O–H groups in total. The van der Waals surface area contributed by atoms with Crippen LogP contribution in [0.4, 0.5) is 0 Å². The van der Waals surface area contributed by atoms with Crippen LogP contribution < -0.4 is 10.1 Å².